The van der Waals surface area contributed by atoms with Gasteiger partial charge in [-0.3, -0.25) is 4.79 Å². The minimum atomic E-state index is -0.439. The van der Waals surface area contributed by atoms with Gasteiger partial charge in [-0.25, -0.2) is 0 Å². The normalized spacial score (nSPS) is 10.3. The first-order chi connectivity index (χ1) is 7.09. The maximum atomic E-state index is 11.9. The van der Waals surface area contributed by atoms with E-state index in [1.165, 1.54) is 0 Å². The maximum absolute atomic E-state index is 11.9. The van der Waals surface area contributed by atoms with Gasteiger partial charge in [0.05, 0.1) is 6.42 Å². The van der Waals surface area contributed by atoms with E-state index >= 15 is 0 Å². The average Bonchev–Trinajstić information content (AvgIpc) is 2.27. The van der Waals surface area contributed by atoms with Gasteiger partial charge in [-0.2, -0.15) is 0 Å². The van der Waals surface area contributed by atoms with Crippen molar-refractivity contribution in [2.45, 2.75) is 32.6 Å². The van der Waals surface area contributed by atoms with Crippen molar-refractivity contribution < 1.29 is 4.79 Å². The molecule has 15 heavy (non-hydrogen) atoms. The number of ketones is 1. The van der Waals surface area contributed by atoms with Gasteiger partial charge in [0.2, 0.25) is 0 Å². The largest absolute Gasteiger partial charge is 0.298 e. The van der Waals surface area contributed by atoms with E-state index in [0.717, 1.165) is 5.56 Å². The fraction of sp³-hybridized carbons (Fsp3) is 0.357. The Morgan fingerprint density at radius 1 is 1.27 bits per heavy atom. The molecule has 1 rings (SSSR count). The van der Waals surface area contributed by atoms with Crippen LogP contribution in [-0.2, 0) is 10.2 Å². The van der Waals surface area contributed by atoms with E-state index in [1.54, 1.807) is 6.92 Å². The van der Waals surface area contributed by atoms with Crippen LogP contribution >= 0.6 is 0 Å². The van der Waals surface area contributed by atoms with Crippen LogP contribution in [0.5, 0.6) is 0 Å². The lowest BCUT2D eigenvalue weighted by atomic mass is 9.79. The van der Waals surface area contributed by atoms with E-state index in [2.05, 4.69) is 11.8 Å². The van der Waals surface area contributed by atoms with Crippen LogP contribution in [0.25, 0.3) is 0 Å². The summed E-state index contributed by atoms with van der Waals surface area (Å²) in [5, 5.41) is 0. The molecule has 0 amide bonds. The Bertz CT molecular complexity index is 390. The molecule has 0 spiro atoms. The second-order valence-corrected chi connectivity index (χ2v) is 4.02. The summed E-state index contributed by atoms with van der Waals surface area (Å²) in [5.74, 6) is 5.75. The number of carbonyl (C=O) groups excluding carboxylic acids is 1. The van der Waals surface area contributed by atoms with Crippen LogP contribution in [0.3, 0.4) is 0 Å². The van der Waals surface area contributed by atoms with Gasteiger partial charge < -0.3 is 0 Å². The van der Waals surface area contributed by atoms with Crippen molar-refractivity contribution in [2.75, 3.05) is 0 Å². The van der Waals surface area contributed by atoms with Gasteiger partial charge in [0, 0.05) is 5.41 Å². The number of carbonyl (C=O) groups is 1. The summed E-state index contributed by atoms with van der Waals surface area (Å²) in [7, 11) is 0. The van der Waals surface area contributed by atoms with Crippen LogP contribution < -0.4 is 0 Å². The van der Waals surface area contributed by atoms with Crippen LogP contribution in [0.1, 0.15) is 32.8 Å². The summed E-state index contributed by atoms with van der Waals surface area (Å²) >= 11 is 0. The fourth-order valence-electron chi connectivity index (χ4n) is 1.41. The lowest BCUT2D eigenvalue weighted by Gasteiger charge is -2.22. The Labute approximate surface area is 91.5 Å². The van der Waals surface area contributed by atoms with E-state index in [-0.39, 0.29) is 5.78 Å². The molecule has 0 saturated carbocycles. The molecule has 1 nitrogen and oxygen atoms in total. The Hall–Kier alpha value is -1.55. The predicted molar refractivity (Wildman–Crippen MR) is 62.5 cm³/mol. The van der Waals surface area contributed by atoms with Gasteiger partial charge in [-0.15, -0.1) is 5.92 Å². The Morgan fingerprint density at radius 3 is 2.40 bits per heavy atom. The third kappa shape index (κ3) is 2.70. The molecule has 78 valence electrons. The summed E-state index contributed by atoms with van der Waals surface area (Å²) in [6.45, 7) is 5.65. The molecule has 0 aromatic heterocycles. The maximum Gasteiger partial charge on any atom is 0.154 e. The second-order valence-electron chi connectivity index (χ2n) is 4.02. The second kappa shape index (κ2) is 4.79. The Kier molecular flexibility index (Phi) is 3.68. The molecule has 0 aliphatic heterocycles. The van der Waals surface area contributed by atoms with Gasteiger partial charge in [-0.1, -0.05) is 36.3 Å². The van der Waals surface area contributed by atoms with Crippen molar-refractivity contribution in [1.82, 2.24) is 0 Å². The van der Waals surface area contributed by atoms with Crippen molar-refractivity contribution in [1.29, 1.82) is 0 Å². The van der Waals surface area contributed by atoms with Gasteiger partial charge in [0.25, 0.3) is 0 Å². The van der Waals surface area contributed by atoms with Gasteiger partial charge in [0.1, 0.15) is 0 Å². The molecule has 1 aromatic rings. The molecule has 0 saturated heterocycles. The summed E-state index contributed by atoms with van der Waals surface area (Å²) in [4.78, 5) is 11.9. The molecule has 0 bridgehead atoms. The molecule has 0 N–H and O–H groups in total. The van der Waals surface area contributed by atoms with E-state index in [4.69, 9.17) is 0 Å². The monoisotopic (exact) mass is 200 g/mol. The molecule has 0 heterocycles. The van der Waals surface area contributed by atoms with Crippen LogP contribution in [0, 0.1) is 11.8 Å². The molecular weight excluding hydrogens is 184 g/mol. The zero-order valence-electron chi connectivity index (χ0n) is 9.50. The van der Waals surface area contributed by atoms with Crippen molar-refractivity contribution in [3.63, 3.8) is 0 Å². The number of hydrogen-bond acceptors (Lipinski definition) is 1. The van der Waals surface area contributed by atoms with E-state index in [0.29, 0.717) is 6.42 Å². The van der Waals surface area contributed by atoms with Crippen molar-refractivity contribution in [3.8, 4) is 11.8 Å². The summed E-state index contributed by atoms with van der Waals surface area (Å²) in [6, 6.07) is 9.83. The fourth-order valence-corrected chi connectivity index (χ4v) is 1.41. The lowest BCUT2D eigenvalue weighted by Crippen LogP contribution is -2.28. The minimum absolute atomic E-state index is 0.169. The van der Waals surface area contributed by atoms with Crippen LogP contribution in [0.2, 0.25) is 0 Å². The number of Topliss-reactive ketones (excluding diaryl/α,β-unsaturated/α-hetero) is 1. The Balaban J connectivity index is 2.91. The average molecular weight is 200 g/mol. The molecule has 0 atom stereocenters. The first-order valence-corrected chi connectivity index (χ1v) is 5.07. The third-order valence-electron chi connectivity index (χ3n) is 2.62. The summed E-state index contributed by atoms with van der Waals surface area (Å²) in [5.41, 5.74) is 0.610. The first kappa shape index (κ1) is 11.5. The molecular formula is C14H16O. The van der Waals surface area contributed by atoms with Gasteiger partial charge in [-0.05, 0) is 26.3 Å². The predicted octanol–water partition coefficient (Wildman–Crippen LogP) is 2.95. The van der Waals surface area contributed by atoms with Gasteiger partial charge in [0.15, 0.2) is 5.78 Å². The highest BCUT2D eigenvalue weighted by Crippen LogP contribution is 2.24. The van der Waals surface area contributed by atoms with Crippen molar-refractivity contribution >= 4 is 5.78 Å². The first-order valence-electron chi connectivity index (χ1n) is 5.07. The molecule has 0 aliphatic carbocycles. The number of hydrogen-bond donors (Lipinski definition) is 0. The Morgan fingerprint density at radius 2 is 1.87 bits per heavy atom. The van der Waals surface area contributed by atoms with Crippen LogP contribution in [0.15, 0.2) is 30.3 Å². The molecule has 0 unspecified atom stereocenters. The summed E-state index contributed by atoms with van der Waals surface area (Å²) in [6.07, 6.45) is 0.332. The molecule has 0 fully saturated rings. The molecule has 1 aromatic carbocycles. The number of rotatable bonds is 3. The van der Waals surface area contributed by atoms with Gasteiger partial charge >= 0.3 is 0 Å². The molecule has 0 radical (unpaired) electrons. The molecule has 0 aliphatic rings. The highest BCUT2D eigenvalue weighted by Gasteiger charge is 2.28. The van der Waals surface area contributed by atoms with E-state index in [1.807, 2.05) is 44.2 Å². The zero-order valence-corrected chi connectivity index (χ0v) is 9.50. The third-order valence-corrected chi connectivity index (χ3v) is 2.62. The van der Waals surface area contributed by atoms with E-state index < -0.39 is 5.41 Å². The zero-order chi connectivity index (χ0) is 11.3. The quantitative estimate of drug-likeness (QED) is 0.686. The van der Waals surface area contributed by atoms with Crippen LogP contribution in [0.4, 0.5) is 0 Å². The summed E-state index contributed by atoms with van der Waals surface area (Å²) < 4.78 is 0. The van der Waals surface area contributed by atoms with E-state index in [9.17, 15) is 4.79 Å². The highest BCUT2D eigenvalue weighted by atomic mass is 16.1. The topological polar surface area (TPSA) is 17.1 Å². The van der Waals surface area contributed by atoms with Crippen LogP contribution in [-0.4, -0.2) is 5.78 Å². The smallest absolute Gasteiger partial charge is 0.154 e. The van der Waals surface area contributed by atoms with Crippen molar-refractivity contribution in [3.05, 3.63) is 35.9 Å². The molecule has 1 heteroatoms. The van der Waals surface area contributed by atoms with Crippen molar-refractivity contribution in [2.24, 2.45) is 0 Å². The minimum Gasteiger partial charge on any atom is -0.298 e. The highest BCUT2D eigenvalue weighted by molar-refractivity contribution is 5.90. The number of benzene rings is 1. The standard InChI is InChI=1S/C14H16O/c1-4-5-11-13(15)14(2,3)12-9-7-6-8-10-12/h6-10H,11H2,1-3H3. The lowest BCUT2D eigenvalue weighted by molar-refractivity contribution is -0.122. The SMILES string of the molecule is CC#CCC(=O)C(C)(C)c1ccccc1.